The van der Waals surface area contributed by atoms with E-state index >= 15 is 0 Å². The molecule has 0 aliphatic heterocycles. The van der Waals surface area contributed by atoms with Gasteiger partial charge in [-0.1, -0.05) is 57.2 Å². The van der Waals surface area contributed by atoms with Gasteiger partial charge in [0, 0.05) is 23.4 Å². The number of rotatable bonds is 4. The summed E-state index contributed by atoms with van der Waals surface area (Å²) in [5.41, 5.74) is 4.73. The molecule has 0 amide bonds. The van der Waals surface area contributed by atoms with Gasteiger partial charge < -0.3 is 10.1 Å². The second-order valence-corrected chi connectivity index (χ2v) is 6.84. The average Bonchev–Trinajstić information content (AvgIpc) is 2.50. The molecule has 1 aromatic heterocycles. The molecule has 0 spiro atoms. The first-order valence-corrected chi connectivity index (χ1v) is 7.95. The highest BCUT2D eigenvalue weighted by Crippen LogP contribution is 2.27. The van der Waals surface area contributed by atoms with Crippen LogP contribution in [-0.4, -0.2) is 16.7 Å². The summed E-state index contributed by atoms with van der Waals surface area (Å²) in [7, 11) is 0. The number of aromatic nitrogens is 1. The van der Waals surface area contributed by atoms with Crippen molar-refractivity contribution in [2.75, 3.05) is 6.61 Å². The first-order chi connectivity index (χ1) is 10.8. The van der Waals surface area contributed by atoms with Gasteiger partial charge in [-0.05, 0) is 36.0 Å². The highest BCUT2D eigenvalue weighted by atomic mass is 16.2. The number of benzene rings is 1. The van der Waals surface area contributed by atoms with Crippen LogP contribution in [0.1, 0.15) is 49.6 Å². The van der Waals surface area contributed by atoms with Gasteiger partial charge in [0.15, 0.2) is 0 Å². The standard InChI is InChI=1S/C20H25NO2/c1-14-7-12-18(21-19(14)23)17(6-5-13-22)15-8-10-16(11-9-15)20(2,3)4/h6-12,22H,5,13H2,1-4H3,(H,21,23)/b17-6+. The third-order valence-electron chi connectivity index (χ3n) is 3.94. The summed E-state index contributed by atoms with van der Waals surface area (Å²) in [5, 5.41) is 9.14. The number of pyridine rings is 1. The molecule has 0 aliphatic carbocycles. The minimum atomic E-state index is -0.0799. The van der Waals surface area contributed by atoms with Gasteiger partial charge in [0.05, 0.1) is 0 Å². The number of hydrogen-bond acceptors (Lipinski definition) is 2. The minimum absolute atomic E-state index is 0.0799. The van der Waals surface area contributed by atoms with Gasteiger partial charge >= 0.3 is 0 Å². The number of aliphatic hydroxyl groups excluding tert-OH is 1. The summed E-state index contributed by atoms with van der Waals surface area (Å²) in [6.45, 7) is 8.42. The fourth-order valence-electron chi connectivity index (χ4n) is 2.45. The van der Waals surface area contributed by atoms with Crippen molar-refractivity contribution in [2.24, 2.45) is 0 Å². The Bertz CT molecular complexity index is 746. The summed E-state index contributed by atoms with van der Waals surface area (Å²) in [6.07, 6.45) is 2.51. The Morgan fingerprint density at radius 3 is 2.30 bits per heavy atom. The van der Waals surface area contributed by atoms with Gasteiger partial charge in [0.1, 0.15) is 0 Å². The number of aliphatic hydroxyl groups is 1. The SMILES string of the molecule is Cc1ccc(/C(=C/CCO)c2ccc(C(C)(C)C)cc2)[nH]c1=O. The van der Waals surface area contributed by atoms with E-state index in [1.54, 1.807) is 6.92 Å². The molecule has 0 atom stereocenters. The number of H-pyrrole nitrogens is 1. The van der Waals surface area contributed by atoms with E-state index < -0.39 is 0 Å². The molecule has 0 radical (unpaired) electrons. The molecule has 2 aromatic rings. The molecule has 122 valence electrons. The Labute approximate surface area is 137 Å². The molecule has 23 heavy (non-hydrogen) atoms. The van der Waals surface area contributed by atoms with Gasteiger partial charge in [0.2, 0.25) is 0 Å². The minimum Gasteiger partial charge on any atom is -0.396 e. The van der Waals surface area contributed by atoms with Crippen molar-refractivity contribution >= 4 is 5.57 Å². The van der Waals surface area contributed by atoms with Gasteiger partial charge in [-0.15, -0.1) is 0 Å². The summed E-state index contributed by atoms with van der Waals surface area (Å²) >= 11 is 0. The van der Waals surface area contributed by atoms with E-state index in [0.717, 1.165) is 16.8 Å². The Morgan fingerprint density at radius 2 is 1.78 bits per heavy atom. The van der Waals surface area contributed by atoms with Crippen LogP contribution < -0.4 is 5.56 Å². The van der Waals surface area contributed by atoms with Crippen molar-refractivity contribution in [3.63, 3.8) is 0 Å². The summed E-state index contributed by atoms with van der Waals surface area (Å²) in [6, 6.07) is 12.1. The normalized spacial score (nSPS) is 12.5. The molecule has 0 bridgehead atoms. The topological polar surface area (TPSA) is 53.1 Å². The van der Waals surface area contributed by atoms with E-state index in [9.17, 15) is 4.79 Å². The van der Waals surface area contributed by atoms with Crippen molar-refractivity contribution < 1.29 is 5.11 Å². The molecule has 0 unspecified atom stereocenters. The summed E-state index contributed by atoms with van der Waals surface area (Å²) < 4.78 is 0. The van der Waals surface area contributed by atoms with E-state index in [2.05, 4.69) is 50.0 Å². The fraction of sp³-hybridized carbons (Fsp3) is 0.350. The van der Waals surface area contributed by atoms with E-state index in [4.69, 9.17) is 5.11 Å². The second-order valence-electron chi connectivity index (χ2n) is 6.84. The highest BCUT2D eigenvalue weighted by Gasteiger charge is 2.14. The number of nitrogens with one attached hydrogen (secondary N) is 1. The molecule has 3 nitrogen and oxygen atoms in total. The predicted molar refractivity (Wildman–Crippen MR) is 95.7 cm³/mol. The molecular formula is C20H25NO2. The lowest BCUT2D eigenvalue weighted by atomic mass is 9.86. The molecule has 0 saturated heterocycles. The largest absolute Gasteiger partial charge is 0.396 e. The van der Waals surface area contributed by atoms with Gasteiger partial charge in [-0.25, -0.2) is 0 Å². The Hall–Kier alpha value is -2.13. The van der Waals surface area contributed by atoms with Gasteiger partial charge in [0.25, 0.3) is 5.56 Å². The maximum Gasteiger partial charge on any atom is 0.251 e. The van der Waals surface area contributed by atoms with Crippen LogP contribution in [0.15, 0.2) is 47.3 Å². The summed E-state index contributed by atoms with van der Waals surface area (Å²) in [4.78, 5) is 14.8. The van der Waals surface area contributed by atoms with Crippen LogP contribution in [-0.2, 0) is 5.41 Å². The molecule has 0 saturated carbocycles. The van der Waals surface area contributed by atoms with E-state index in [-0.39, 0.29) is 17.6 Å². The van der Waals surface area contributed by atoms with Crippen molar-refractivity contribution in [1.82, 2.24) is 4.98 Å². The first-order valence-electron chi connectivity index (χ1n) is 7.95. The van der Waals surface area contributed by atoms with Crippen LogP contribution in [0.5, 0.6) is 0 Å². The lowest BCUT2D eigenvalue weighted by Crippen LogP contribution is -2.12. The number of aromatic amines is 1. The van der Waals surface area contributed by atoms with Crippen LogP contribution in [0.2, 0.25) is 0 Å². The van der Waals surface area contributed by atoms with E-state index in [1.165, 1.54) is 5.56 Å². The quantitative estimate of drug-likeness (QED) is 0.902. The smallest absolute Gasteiger partial charge is 0.251 e. The van der Waals surface area contributed by atoms with E-state index in [0.29, 0.717) is 12.0 Å². The van der Waals surface area contributed by atoms with Gasteiger partial charge in [-0.2, -0.15) is 0 Å². The Kier molecular flexibility index (Phi) is 5.22. The van der Waals surface area contributed by atoms with Crippen molar-refractivity contribution in [2.45, 2.75) is 39.5 Å². The molecule has 2 rings (SSSR count). The molecule has 1 aromatic carbocycles. The van der Waals surface area contributed by atoms with Crippen LogP contribution in [0.3, 0.4) is 0 Å². The van der Waals surface area contributed by atoms with Crippen LogP contribution in [0.4, 0.5) is 0 Å². The first kappa shape index (κ1) is 17.2. The maximum atomic E-state index is 11.9. The molecular weight excluding hydrogens is 286 g/mol. The van der Waals surface area contributed by atoms with Crippen molar-refractivity contribution in [3.8, 4) is 0 Å². The summed E-state index contributed by atoms with van der Waals surface area (Å²) in [5.74, 6) is 0. The third kappa shape index (κ3) is 4.20. The second kappa shape index (κ2) is 6.97. The average molecular weight is 311 g/mol. The molecule has 0 fully saturated rings. The number of aryl methyl sites for hydroxylation is 1. The molecule has 3 heteroatoms. The molecule has 1 heterocycles. The van der Waals surface area contributed by atoms with Crippen LogP contribution in [0.25, 0.3) is 5.57 Å². The van der Waals surface area contributed by atoms with Crippen molar-refractivity contribution in [1.29, 1.82) is 0 Å². The number of hydrogen-bond donors (Lipinski definition) is 2. The molecule has 0 aliphatic rings. The predicted octanol–water partition coefficient (Wildman–Crippen LogP) is 3.79. The Balaban J connectivity index is 2.47. The maximum absolute atomic E-state index is 11.9. The van der Waals surface area contributed by atoms with Crippen LogP contribution >= 0.6 is 0 Å². The molecule has 2 N–H and O–H groups in total. The van der Waals surface area contributed by atoms with E-state index in [1.807, 2.05) is 18.2 Å². The van der Waals surface area contributed by atoms with Gasteiger partial charge in [-0.3, -0.25) is 4.79 Å². The monoisotopic (exact) mass is 311 g/mol. The lowest BCUT2D eigenvalue weighted by Gasteiger charge is -2.19. The van der Waals surface area contributed by atoms with Crippen molar-refractivity contribution in [3.05, 3.63) is 75.2 Å². The fourth-order valence-corrected chi connectivity index (χ4v) is 2.45. The highest BCUT2D eigenvalue weighted by molar-refractivity contribution is 5.78. The Morgan fingerprint density at radius 1 is 1.13 bits per heavy atom. The third-order valence-corrected chi connectivity index (χ3v) is 3.94. The lowest BCUT2D eigenvalue weighted by molar-refractivity contribution is 0.303. The zero-order chi connectivity index (χ0) is 17.0. The van der Waals surface area contributed by atoms with Crippen LogP contribution in [0, 0.1) is 6.92 Å². The zero-order valence-electron chi connectivity index (χ0n) is 14.3. The zero-order valence-corrected chi connectivity index (χ0v) is 14.3.